The van der Waals surface area contributed by atoms with E-state index in [1.54, 1.807) is 17.4 Å². The minimum absolute atomic E-state index is 0.125. The molecule has 0 amide bonds. The molecule has 0 aliphatic carbocycles. The molecule has 60 heavy (non-hydrogen) atoms. The molecule has 0 atom stereocenters. The molecular formula is C55H34N4S. The average Bonchev–Trinajstić information content (AvgIpc) is 3.97. The highest BCUT2D eigenvalue weighted by Gasteiger charge is 2.21. The van der Waals surface area contributed by atoms with Gasteiger partial charge in [0, 0.05) is 47.6 Å². The van der Waals surface area contributed by atoms with Gasteiger partial charge in [0.05, 0.1) is 33.2 Å². The van der Waals surface area contributed by atoms with Crippen molar-refractivity contribution in [1.82, 2.24) is 19.5 Å². The Balaban J connectivity index is 1.22. The lowest BCUT2D eigenvalue weighted by Gasteiger charge is -2.17. The maximum Gasteiger partial charge on any atom is 0.166 e. The fraction of sp³-hybridized carbons (Fsp3) is 0. The van der Waals surface area contributed by atoms with Gasteiger partial charge in [-0.2, -0.15) is 0 Å². The number of hydrogen-bond donors (Lipinski definition) is 0. The summed E-state index contributed by atoms with van der Waals surface area (Å²) in [7, 11) is 0. The number of aromatic nitrogens is 4. The summed E-state index contributed by atoms with van der Waals surface area (Å²) >= 11 is 1.65. The molecule has 12 aromatic rings. The van der Waals surface area contributed by atoms with Gasteiger partial charge in [-0.3, -0.25) is 0 Å². The van der Waals surface area contributed by atoms with E-state index < -0.39 is 83.6 Å². The summed E-state index contributed by atoms with van der Waals surface area (Å²) in [5.74, 6) is 0.857. The highest BCUT2D eigenvalue weighted by molar-refractivity contribution is 7.25. The Morgan fingerprint density at radius 2 is 1.08 bits per heavy atom. The lowest BCUT2D eigenvalue weighted by Crippen LogP contribution is -2.04. The first-order valence-electron chi connectivity index (χ1n) is 25.2. The fourth-order valence-electron chi connectivity index (χ4n) is 7.92. The Morgan fingerprint density at radius 3 is 1.98 bits per heavy atom. The van der Waals surface area contributed by atoms with Gasteiger partial charge in [-0.25, -0.2) is 15.0 Å². The van der Waals surface area contributed by atoms with Gasteiger partial charge in [0.25, 0.3) is 0 Å². The van der Waals surface area contributed by atoms with Crippen LogP contribution in [0, 0.1) is 0 Å². The second-order valence-corrected chi connectivity index (χ2v) is 15.4. The number of nitrogens with zero attached hydrogens (tertiary/aromatic N) is 4. The minimum atomic E-state index is -0.703. The van der Waals surface area contributed by atoms with Gasteiger partial charge in [-0.1, -0.05) is 158 Å². The van der Waals surface area contributed by atoms with Crippen LogP contribution in [-0.4, -0.2) is 19.5 Å². The second-order valence-electron chi connectivity index (χ2n) is 14.3. The van der Waals surface area contributed by atoms with E-state index in [0.717, 1.165) is 36.5 Å². The molecule has 3 aromatic heterocycles. The first-order valence-corrected chi connectivity index (χ1v) is 20.0. The van der Waals surface area contributed by atoms with Crippen LogP contribution in [0.25, 0.3) is 115 Å². The molecule has 5 heteroatoms. The average molecular weight is 795 g/mol. The van der Waals surface area contributed by atoms with Crippen LogP contribution >= 0.6 is 11.3 Å². The predicted octanol–water partition coefficient (Wildman–Crippen LogP) is 14.8. The van der Waals surface area contributed by atoms with E-state index in [1.165, 1.54) is 4.57 Å². The van der Waals surface area contributed by atoms with Crippen molar-refractivity contribution in [2.45, 2.75) is 0 Å². The van der Waals surface area contributed by atoms with E-state index >= 15 is 0 Å². The summed E-state index contributed by atoms with van der Waals surface area (Å²) in [4.78, 5) is 15.3. The Bertz CT molecular complexity index is 4300. The van der Waals surface area contributed by atoms with E-state index in [9.17, 15) is 6.85 Å². The zero-order chi connectivity index (χ0) is 50.0. The maximum atomic E-state index is 9.82. The first kappa shape index (κ1) is 24.3. The summed E-state index contributed by atoms with van der Waals surface area (Å²) in [5.41, 5.74) is 2.25. The number of fused-ring (bicyclic) bond motifs is 7. The van der Waals surface area contributed by atoms with Crippen LogP contribution in [0.1, 0.15) is 16.4 Å². The first-order chi connectivity index (χ1) is 34.7. The largest absolute Gasteiger partial charge is 0.308 e. The molecule has 0 fully saturated rings. The molecule has 3 heterocycles. The highest BCUT2D eigenvalue weighted by Crippen LogP contribution is 2.41. The van der Waals surface area contributed by atoms with Crippen LogP contribution in [0.4, 0.5) is 0 Å². The molecule has 0 saturated heterocycles. The van der Waals surface area contributed by atoms with Gasteiger partial charge in [-0.05, 0) is 81.5 Å². The molecule has 9 aromatic carbocycles. The van der Waals surface area contributed by atoms with E-state index in [0.29, 0.717) is 33.9 Å². The van der Waals surface area contributed by atoms with E-state index in [4.69, 9.17) is 24.5 Å². The number of para-hydroxylation sites is 1. The maximum absolute atomic E-state index is 9.82. The van der Waals surface area contributed by atoms with Crippen molar-refractivity contribution < 1.29 is 16.4 Å². The molecule has 0 aliphatic heterocycles. The summed E-state index contributed by atoms with van der Waals surface area (Å²) in [5, 5.41) is 3.84. The summed E-state index contributed by atoms with van der Waals surface area (Å²) in [6, 6.07) is 35.6. The monoisotopic (exact) mass is 794 g/mol. The van der Waals surface area contributed by atoms with Gasteiger partial charge in [-0.15, -0.1) is 11.3 Å². The van der Waals surface area contributed by atoms with Crippen LogP contribution < -0.4 is 0 Å². The van der Waals surface area contributed by atoms with E-state index in [-0.39, 0.29) is 33.3 Å². The molecule has 0 unspecified atom stereocenters. The quantitative estimate of drug-likeness (QED) is 0.168. The van der Waals surface area contributed by atoms with Gasteiger partial charge in [0.2, 0.25) is 0 Å². The van der Waals surface area contributed by atoms with Gasteiger partial charge in [0.1, 0.15) is 0 Å². The standard InChI is InChI=1S/C55H34N4S/c1-3-13-35(14-4-1)40-27-30-49-47(32-40)43-19-9-11-21-48(43)59(49)50-33-41(39-24-23-36-15-7-8-18-38(36)31-39)25-29-46(50)55-57-53(37-16-5-2-6-17-37)56-54(58-55)42-26-28-45-44-20-10-12-22-51(44)60-52(45)34-42/h1-34H/i1D,3D,4D,9D,11D,13D,14D,19D,21D,27D,30D,32D. The van der Waals surface area contributed by atoms with Crippen LogP contribution in [-0.2, 0) is 0 Å². The zero-order valence-corrected chi connectivity index (χ0v) is 32.2. The van der Waals surface area contributed by atoms with Gasteiger partial charge >= 0.3 is 0 Å². The minimum Gasteiger partial charge on any atom is -0.308 e. The Labute approximate surface area is 367 Å². The van der Waals surface area contributed by atoms with Crippen molar-refractivity contribution in [3.8, 4) is 62.1 Å². The molecule has 0 spiro atoms. The smallest absolute Gasteiger partial charge is 0.166 e. The van der Waals surface area contributed by atoms with Crippen LogP contribution in [0.3, 0.4) is 0 Å². The molecule has 12 rings (SSSR count). The Kier molecular flexibility index (Phi) is 5.65. The molecular weight excluding hydrogens is 749 g/mol. The van der Waals surface area contributed by atoms with E-state index in [2.05, 4.69) is 18.2 Å². The highest BCUT2D eigenvalue weighted by atomic mass is 32.1. The number of thiophene rings is 1. The molecule has 0 N–H and O–H groups in total. The van der Waals surface area contributed by atoms with Crippen LogP contribution in [0.2, 0.25) is 0 Å². The van der Waals surface area contributed by atoms with Crippen molar-refractivity contribution in [3.05, 3.63) is 206 Å². The zero-order valence-electron chi connectivity index (χ0n) is 43.4. The lowest BCUT2D eigenvalue weighted by molar-refractivity contribution is 1.07. The van der Waals surface area contributed by atoms with Crippen molar-refractivity contribution in [3.63, 3.8) is 0 Å². The van der Waals surface area contributed by atoms with Crippen molar-refractivity contribution in [1.29, 1.82) is 0 Å². The van der Waals surface area contributed by atoms with Gasteiger partial charge < -0.3 is 4.57 Å². The Hall–Kier alpha value is -7.73. The summed E-state index contributed by atoms with van der Waals surface area (Å²) in [6.07, 6.45) is 0. The lowest BCUT2D eigenvalue weighted by atomic mass is 9.98. The second kappa shape index (κ2) is 14.0. The molecule has 0 bridgehead atoms. The van der Waals surface area contributed by atoms with Gasteiger partial charge in [0.15, 0.2) is 17.5 Å². The SMILES string of the molecule is [2H]c1c([2H])c([2H])c(-c2c([2H])c([2H])c3c(c2[2H])c2c([2H])c([2H])c([2H])c([2H])c2n3-c2cc(-c3ccc4ccccc4c3)ccc2-c2nc(-c3ccccc3)nc(-c3ccc4c(c3)sc3ccccc34)n2)c([2H])c1[2H]. The fourth-order valence-corrected chi connectivity index (χ4v) is 9.06. The molecule has 280 valence electrons. The van der Waals surface area contributed by atoms with E-state index in [1.807, 2.05) is 109 Å². The number of hydrogen-bond acceptors (Lipinski definition) is 4. The van der Waals surface area contributed by atoms with Crippen LogP contribution in [0.15, 0.2) is 206 Å². The number of rotatable bonds is 6. The summed E-state index contributed by atoms with van der Waals surface area (Å²) in [6.45, 7) is 0. The van der Waals surface area contributed by atoms with Crippen LogP contribution in [0.5, 0.6) is 0 Å². The predicted molar refractivity (Wildman–Crippen MR) is 252 cm³/mol. The molecule has 0 radical (unpaired) electrons. The summed E-state index contributed by atoms with van der Waals surface area (Å²) < 4.78 is 112. The van der Waals surface area contributed by atoms with Crippen molar-refractivity contribution >= 4 is 64.1 Å². The Morgan fingerprint density at radius 1 is 0.400 bits per heavy atom. The van der Waals surface area contributed by atoms with Crippen molar-refractivity contribution in [2.24, 2.45) is 0 Å². The molecule has 0 aliphatic rings. The topological polar surface area (TPSA) is 43.6 Å². The molecule has 4 nitrogen and oxygen atoms in total. The third-order valence-electron chi connectivity index (χ3n) is 10.8. The third kappa shape index (κ3) is 5.78. The number of benzene rings is 9. The third-order valence-corrected chi connectivity index (χ3v) is 11.9. The van der Waals surface area contributed by atoms with Crippen molar-refractivity contribution in [2.75, 3.05) is 0 Å². The normalized spacial score (nSPS) is 14.5. The molecule has 0 saturated carbocycles.